The summed E-state index contributed by atoms with van der Waals surface area (Å²) in [6.07, 6.45) is -5.08. The van der Waals surface area contributed by atoms with Gasteiger partial charge in [-0.2, -0.15) is 13.2 Å². The van der Waals surface area contributed by atoms with Gasteiger partial charge in [0.1, 0.15) is 0 Å². The van der Waals surface area contributed by atoms with Crippen LogP contribution in [-0.2, 0) is 9.53 Å². The number of aliphatic carboxylic acids is 1. The number of urea groups is 1. The van der Waals surface area contributed by atoms with Crippen LogP contribution < -0.4 is 5.32 Å². The molecule has 2 aliphatic rings. The molecule has 0 radical (unpaired) electrons. The molecule has 0 spiro atoms. The molecule has 2 heterocycles. The Kier molecular flexibility index (Phi) is 6.69. The lowest BCUT2D eigenvalue weighted by Crippen LogP contribution is -2.53. The zero-order valence-electron chi connectivity index (χ0n) is 11.4. The Balaban J connectivity index is 0.000000270. The summed E-state index contributed by atoms with van der Waals surface area (Å²) in [5, 5.41) is 10.4. The lowest BCUT2D eigenvalue weighted by molar-refractivity contribution is -0.192. The van der Waals surface area contributed by atoms with Gasteiger partial charge in [0, 0.05) is 39.3 Å². The van der Waals surface area contributed by atoms with Gasteiger partial charge in [0.2, 0.25) is 0 Å². The number of carbonyl (C=O) groups is 2. The number of carboxylic acids is 1. The summed E-state index contributed by atoms with van der Waals surface area (Å²) in [4.78, 5) is 24.6. The van der Waals surface area contributed by atoms with Crippen LogP contribution in [0.5, 0.6) is 0 Å². The van der Waals surface area contributed by atoms with Gasteiger partial charge in [0.05, 0.1) is 13.2 Å². The third kappa shape index (κ3) is 6.17. The van der Waals surface area contributed by atoms with E-state index in [-0.39, 0.29) is 6.03 Å². The fourth-order valence-corrected chi connectivity index (χ4v) is 1.81. The molecule has 2 rings (SSSR count). The smallest absolute Gasteiger partial charge is 0.475 e. The van der Waals surface area contributed by atoms with Crippen molar-refractivity contribution in [2.75, 3.05) is 52.5 Å². The number of amides is 2. The number of alkyl halides is 3. The molecule has 2 fully saturated rings. The highest BCUT2D eigenvalue weighted by Gasteiger charge is 2.38. The molecule has 7 nitrogen and oxygen atoms in total. The molecule has 0 unspecified atom stereocenters. The molecular formula is C11H18F3N3O4. The predicted octanol–water partition coefficient (Wildman–Crippen LogP) is -0.0229. The van der Waals surface area contributed by atoms with Crippen molar-refractivity contribution in [2.24, 2.45) is 0 Å². The van der Waals surface area contributed by atoms with Crippen LogP contribution in [0, 0.1) is 0 Å². The molecule has 0 aromatic rings. The number of hydrogen-bond acceptors (Lipinski definition) is 4. The number of rotatable bonds is 0. The van der Waals surface area contributed by atoms with Crippen molar-refractivity contribution in [3.63, 3.8) is 0 Å². The van der Waals surface area contributed by atoms with Crippen molar-refractivity contribution in [1.29, 1.82) is 0 Å². The second-order valence-electron chi connectivity index (χ2n) is 4.42. The number of halogens is 3. The number of nitrogens with zero attached hydrogens (tertiary/aromatic N) is 2. The SMILES string of the molecule is O=C(N1CCNCC1)N1CCOCC1.O=C(O)C(F)(F)F. The topological polar surface area (TPSA) is 82.1 Å². The molecule has 0 atom stereocenters. The van der Waals surface area contributed by atoms with E-state index in [2.05, 4.69) is 5.32 Å². The Morgan fingerprint density at radius 3 is 1.86 bits per heavy atom. The summed E-state index contributed by atoms with van der Waals surface area (Å²) in [6, 6.07) is 0.176. The zero-order chi connectivity index (χ0) is 15.9. The highest BCUT2D eigenvalue weighted by Crippen LogP contribution is 2.13. The molecular weight excluding hydrogens is 295 g/mol. The van der Waals surface area contributed by atoms with E-state index in [1.807, 2.05) is 9.80 Å². The Labute approximate surface area is 119 Å². The highest BCUT2D eigenvalue weighted by atomic mass is 19.4. The summed E-state index contributed by atoms with van der Waals surface area (Å²) in [7, 11) is 0. The molecule has 0 saturated carbocycles. The summed E-state index contributed by atoms with van der Waals surface area (Å²) < 4.78 is 36.9. The first-order chi connectivity index (χ1) is 9.82. The summed E-state index contributed by atoms with van der Waals surface area (Å²) in [6.45, 7) is 6.32. The van der Waals surface area contributed by atoms with Gasteiger partial charge in [0.25, 0.3) is 0 Å². The van der Waals surface area contributed by atoms with Crippen LogP contribution >= 0.6 is 0 Å². The Bertz CT molecular complexity index is 333. The average Bonchev–Trinajstić information content (AvgIpc) is 2.48. The summed E-state index contributed by atoms with van der Waals surface area (Å²) >= 11 is 0. The normalized spacial score (nSPS) is 19.6. The third-order valence-corrected chi connectivity index (χ3v) is 2.91. The van der Waals surface area contributed by atoms with Gasteiger partial charge >= 0.3 is 18.2 Å². The van der Waals surface area contributed by atoms with Gasteiger partial charge in [-0.25, -0.2) is 9.59 Å². The van der Waals surface area contributed by atoms with E-state index >= 15 is 0 Å². The number of carbonyl (C=O) groups excluding carboxylic acids is 1. The molecule has 0 aliphatic carbocycles. The fraction of sp³-hybridized carbons (Fsp3) is 0.818. The van der Waals surface area contributed by atoms with Gasteiger partial charge in [-0.15, -0.1) is 0 Å². The molecule has 21 heavy (non-hydrogen) atoms. The van der Waals surface area contributed by atoms with Crippen LogP contribution in [0.25, 0.3) is 0 Å². The monoisotopic (exact) mass is 313 g/mol. The van der Waals surface area contributed by atoms with Gasteiger partial charge in [0.15, 0.2) is 0 Å². The number of carboxylic acid groups (broad SMARTS) is 1. The number of morpholine rings is 1. The van der Waals surface area contributed by atoms with Crippen molar-refractivity contribution < 1.29 is 32.6 Å². The van der Waals surface area contributed by atoms with Crippen molar-refractivity contribution in [3.8, 4) is 0 Å². The van der Waals surface area contributed by atoms with Gasteiger partial charge in [-0.1, -0.05) is 0 Å². The minimum Gasteiger partial charge on any atom is -0.475 e. The standard InChI is InChI=1S/C9H17N3O2.C2HF3O2/c13-9(11-3-1-10-2-4-11)12-5-7-14-8-6-12;3-2(4,5)1(6)7/h10H,1-8H2;(H,6,7). The number of hydrogen-bond donors (Lipinski definition) is 2. The van der Waals surface area contributed by atoms with Gasteiger partial charge in [-0.05, 0) is 0 Å². The predicted molar refractivity (Wildman–Crippen MR) is 65.9 cm³/mol. The first-order valence-electron chi connectivity index (χ1n) is 6.45. The molecule has 10 heteroatoms. The Hall–Kier alpha value is -1.55. The Morgan fingerprint density at radius 1 is 1.00 bits per heavy atom. The van der Waals surface area contributed by atoms with E-state index < -0.39 is 12.1 Å². The molecule has 2 N–H and O–H groups in total. The quantitative estimate of drug-likeness (QED) is 0.657. The second kappa shape index (κ2) is 8.03. The molecule has 0 bridgehead atoms. The minimum atomic E-state index is -5.08. The van der Waals surface area contributed by atoms with Gasteiger partial charge in [-0.3, -0.25) is 0 Å². The van der Waals surface area contributed by atoms with E-state index in [1.165, 1.54) is 0 Å². The molecule has 2 aliphatic heterocycles. The average molecular weight is 313 g/mol. The summed E-state index contributed by atoms with van der Waals surface area (Å²) in [5.41, 5.74) is 0. The van der Waals surface area contributed by atoms with Crippen molar-refractivity contribution in [3.05, 3.63) is 0 Å². The maximum absolute atomic E-state index is 11.9. The molecule has 0 aromatic heterocycles. The largest absolute Gasteiger partial charge is 0.490 e. The lowest BCUT2D eigenvalue weighted by atomic mass is 10.3. The van der Waals surface area contributed by atoms with E-state index in [9.17, 15) is 18.0 Å². The molecule has 2 amide bonds. The first kappa shape index (κ1) is 17.5. The van der Waals surface area contributed by atoms with Crippen LogP contribution in [0.15, 0.2) is 0 Å². The number of piperazine rings is 1. The van der Waals surface area contributed by atoms with E-state index in [4.69, 9.17) is 14.6 Å². The fourth-order valence-electron chi connectivity index (χ4n) is 1.81. The second-order valence-corrected chi connectivity index (χ2v) is 4.42. The summed E-state index contributed by atoms with van der Waals surface area (Å²) in [5.74, 6) is -2.76. The number of ether oxygens (including phenoxy) is 1. The van der Waals surface area contributed by atoms with E-state index in [0.29, 0.717) is 13.2 Å². The molecule has 122 valence electrons. The first-order valence-corrected chi connectivity index (χ1v) is 6.45. The zero-order valence-corrected chi connectivity index (χ0v) is 11.4. The third-order valence-electron chi connectivity index (χ3n) is 2.91. The maximum Gasteiger partial charge on any atom is 0.490 e. The van der Waals surface area contributed by atoms with Crippen LogP contribution in [-0.4, -0.2) is 85.6 Å². The Morgan fingerprint density at radius 2 is 1.43 bits per heavy atom. The van der Waals surface area contributed by atoms with Crippen LogP contribution in [0.1, 0.15) is 0 Å². The van der Waals surface area contributed by atoms with Crippen LogP contribution in [0.3, 0.4) is 0 Å². The van der Waals surface area contributed by atoms with Crippen molar-refractivity contribution in [1.82, 2.24) is 15.1 Å². The van der Waals surface area contributed by atoms with Crippen LogP contribution in [0.4, 0.5) is 18.0 Å². The van der Waals surface area contributed by atoms with Crippen LogP contribution in [0.2, 0.25) is 0 Å². The maximum atomic E-state index is 11.9. The lowest BCUT2D eigenvalue weighted by Gasteiger charge is -2.35. The van der Waals surface area contributed by atoms with Crippen molar-refractivity contribution >= 4 is 12.0 Å². The van der Waals surface area contributed by atoms with E-state index in [1.54, 1.807) is 0 Å². The van der Waals surface area contributed by atoms with E-state index in [0.717, 1.165) is 39.3 Å². The molecule has 0 aromatic carbocycles. The minimum absolute atomic E-state index is 0.176. The van der Waals surface area contributed by atoms with Crippen molar-refractivity contribution in [2.45, 2.75) is 6.18 Å². The van der Waals surface area contributed by atoms with Gasteiger partial charge < -0.3 is 25.0 Å². The highest BCUT2D eigenvalue weighted by molar-refractivity contribution is 5.74. The number of nitrogens with one attached hydrogen (secondary N) is 1. The molecule has 2 saturated heterocycles.